The van der Waals surface area contributed by atoms with Crippen molar-refractivity contribution in [2.75, 3.05) is 6.61 Å². The number of hydrogen-bond acceptors (Lipinski definition) is 5. The molecule has 3 aromatic rings. The highest BCUT2D eigenvalue weighted by Gasteiger charge is 2.16. The molecule has 0 aliphatic rings. The number of aromatic nitrogens is 1. The summed E-state index contributed by atoms with van der Waals surface area (Å²) in [4.78, 5) is 17.5. The third kappa shape index (κ3) is 7.97. The number of nitrogens with zero attached hydrogens (tertiary/aromatic N) is 1. The molecule has 0 radical (unpaired) electrons. The van der Waals surface area contributed by atoms with Gasteiger partial charge >= 0.3 is 6.09 Å². The molecule has 3 rings (SSSR count). The summed E-state index contributed by atoms with van der Waals surface area (Å²) in [6.45, 7) is 0.347. The van der Waals surface area contributed by atoms with E-state index in [4.69, 9.17) is 10.5 Å². The number of carbonyl (C=O) groups excluding carboxylic acids is 1. The molecule has 2 aromatic carbocycles. The summed E-state index contributed by atoms with van der Waals surface area (Å²) in [7, 11) is 0. The van der Waals surface area contributed by atoms with Gasteiger partial charge in [0.25, 0.3) is 0 Å². The average Bonchev–Trinajstić information content (AvgIpc) is 3.27. The van der Waals surface area contributed by atoms with Crippen molar-refractivity contribution < 1.29 is 9.53 Å². The number of carbonyl (C=O) groups is 1. The van der Waals surface area contributed by atoms with Crippen LogP contribution in [0.1, 0.15) is 28.8 Å². The molecule has 1 aromatic heterocycles. The smallest absolute Gasteiger partial charge is 0.407 e. The SMILES string of the molecule is N[C@H](CC[C@H](Cc1ccccc1)NC(=O)OCCc1cncs1)Cc1ccccc1. The first-order chi connectivity index (χ1) is 14.7. The lowest BCUT2D eigenvalue weighted by Gasteiger charge is -2.21. The first-order valence-corrected chi connectivity index (χ1v) is 11.2. The number of amides is 1. The van der Waals surface area contributed by atoms with Gasteiger partial charge in [0.1, 0.15) is 0 Å². The largest absolute Gasteiger partial charge is 0.449 e. The van der Waals surface area contributed by atoms with Crippen LogP contribution in [-0.2, 0) is 24.0 Å². The second-order valence-electron chi connectivity index (χ2n) is 7.41. The number of ether oxygens (including phenoxy) is 1. The van der Waals surface area contributed by atoms with E-state index in [2.05, 4.69) is 34.6 Å². The van der Waals surface area contributed by atoms with Crippen LogP contribution in [0.3, 0.4) is 0 Å². The molecule has 5 nitrogen and oxygen atoms in total. The molecule has 0 saturated carbocycles. The lowest BCUT2D eigenvalue weighted by Crippen LogP contribution is -2.38. The Bertz CT molecular complexity index is 857. The van der Waals surface area contributed by atoms with Crippen LogP contribution in [0.25, 0.3) is 0 Å². The van der Waals surface area contributed by atoms with Crippen molar-refractivity contribution >= 4 is 17.4 Å². The van der Waals surface area contributed by atoms with E-state index in [0.29, 0.717) is 13.0 Å². The molecule has 30 heavy (non-hydrogen) atoms. The van der Waals surface area contributed by atoms with Crippen LogP contribution < -0.4 is 11.1 Å². The Morgan fingerprint density at radius 2 is 1.67 bits per heavy atom. The maximum absolute atomic E-state index is 12.3. The first-order valence-electron chi connectivity index (χ1n) is 10.3. The minimum atomic E-state index is -0.378. The van der Waals surface area contributed by atoms with E-state index in [9.17, 15) is 4.79 Å². The fourth-order valence-corrected chi connectivity index (χ4v) is 3.96. The Kier molecular flexibility index (Phi) is 8.87. The van der Waals surface area contributed by atoms with Crippen molar-refractivity contribution in [1.82, 2.24) is 10.3 Å². The molecule has 0 spiro atoms. The molecule has 0 aliphatic carbocycles. The lowest BCUT2D eigenvalue weighted by atomic mass is 9.96. The highest BCUT2D eigenvalue weighted by Crippen LogP contribution is 2.12. The maximum atomic E-state index is 12.3. The number of nitrogens with two attached hydrogens (primary N) is 1. The van der Waals surface area contributed by atoms with Gasteiger partial charge in [-0.15, -0.1) is 11.3 Å². The Morgan fingerprint density at radius 1 is 1.00 bits per heavy atom. The van der Waals surface area contributed by atoms with Crippen LogP contribution in [0, 0.1) is 0 Å². The Balaban J connectivity index is 1.49. The third-order valence-electron chi connectivity index (χ3n) is 4.94. The molecule has 6 heteroatoms. The highest BCUT2D eigenvalue weighted by atomic mass is 32.1. The predicted molar refractivity (Wildman–Crippen MR) is 122 cm³/mol. The molecule has 2 atom stereocenters. The number of hydrogen-bond donors (Lipinski definition) is 2. The van der Waals surface area contributed by atoms with Gasteiger partial charge in [-0.1, -0.05) is 60.7 Å². The van der Waals surface area contributed by atoms with E-state index in [-0.39, 0.29) is 18.2 Å². The lowest BCUT2D eigenvalue weighted by molar-refractivity contribution is 0.142. The number of alkyl carbamates (subject to hydrolysis) is 1. The van der Waals surface area contributed by atoms with E-state index in [1.807, 2.05) is 36.4 Å². The average molecular weight is 424 g/mol. The normalized spacial score (nSPS) is 12.8. The zero-order chi connectivity index (χ0) is 21.0. The quantitative estimate of drug-likeness (QED) is 0.480. The third-order valence-corrected chi connectivity index (χ3v) is 5.78. The van der Waals surface area contributed by atoms with Gasteiger partial charge < -0.3 is 15.8 Å². The minimum Gasteiger partial charge on any atom is -0.449 e. The van der Waals surface area contributed by atoms with Crippen molar-refractivity contribution in [2.24, 2.45) is 5.73 Å². The summed E-state index contributed by atoms with van der Waals surface area (Å²) < 4.78 is 5.38. The Labute approximate surface area is 182 Å². The van der Waals surface area contributed by atoms with Crippen molar-refractivity contribution in [3.05, 3.63) is 88.4 Å². The molecule has 1 heterocycles. The van der Waals surface area contributed by atoms with Gasteiger partial charge in [0.15, 0.2) is 0 Å². The van der Waals surface area contributed by atoms with Crippen LogP contribution in [0.15, 0.2) is 72.4 Å². The van der Waals surface area contributed by atoms with E-state index >= 15 is 0 Å². The van der Waals surface area contributed by atoms with E-state index in [1.165, 1.54) is 11.1 Å². The minimum absolute atomic E-state index is 0.0230. The van der Waals surface area contributed by atoms with Gasteiger partial charge in [0, 0.05) is 29.6 Å². The summed E-state index contributed by atoms with van der Waals surface area (Å²) in [6.07, 6.45) is 5.32. The van der Waals surface area contributed by atoms with Crippen LogP contribution in [0.2, 0.25) is 0 Å². The number of thiazole rings is 1. The zero-order valence-corrected chi connectivity index (χ0v) is 17.9. The van der Waals surface area contributed by atoms with Crippen molar-refractivity contribution in [3.63, 3.8) is 0 Å². The second-order valence-corrected chi connectivity index (χ2v) is 8.38. The van der Waals surface area contributed by atoms with Gasteiger partial charge in [-0.2, -0.15) is 0 Å². The van der Waals surface area contributed by atoms with Gasteiger partial charge in [-0.3, -0.25) is 4.98 Å². The predicted octanol–water partition coefficient (Wildman–Crippen LogP) is 4.37. The summed E-state index contributed by atoms with van der Waals surface area (Å²) in [5.74, 6) is 0. The standard InChI is InChI=1S/C24H29N3O2S/c25-21(15-19-7-3-1-4-8-19)11-12-22(16-20-9-5-2-6-10-20)27-24(28)29-14-13-23-17-26-18-30-23/h1-10,17-18,21-22H,11-16,25H2,(H,27,28)/t21-,22-/m1/s1. The fraction of sp³-hybridized carbons (Fsp3) is 0.333. The van der Waals surface area contributed by atoms with Crippen molar-refractivity contribution in [3.8, 4) is 0 Å². The molecule has 0 aliphatic heterocycles. The molecule has 158 valence electrons. The summed E-state index contributed by atoms with van der Waals surface area (Å²) >= 11 is 1.57. The Hall–Kier alpha value is -2.70. The molecule has 3 N–H and O–H groups in total. The molecule has 0 unspecified atom stereocenters. The molecule has 1 amide bonds. The van der Waals surface area contributed by atoms with Gasteiger partial charge in [0.05, 0.1) is 12.1 Å². The van der Waals surface area contributed by atoms with Gasteiger partial charge in [0.2, 0.25) is 0 Å². The molecule has 0 fully saturated rings. The summed E-state index contributed by atoms with van der Waals surface area (Å²) in [5, 5.41) is 3.04. The summed E-state index contributed by atoms with van der Waals surface area (Å²) in [5.41, 5.74) is 10.6. The zero-order valence-electron chi connectivity index (χ0n) is 17.1. The van der Waals surface area contributed by atoms with Crippen LogP contribution in [0.4, 0.5) is 4.79 Å². The maximum Gasteiger partial charge on any atom is 0.407 e. The first kappa shape index (κ1) is 22.0. The molecule has 0 saturated heterocycles. The highest BCUT2D eigenvalue weighted by molar-refractivity contribution is 7.09. The molecular weight excluding hydrogens is 394 g/mol. The summed E-state index contributed by atoms with van der Waals surface area (Å²) in [6, 6.07) is 20.5. The molecular formula is C24H29N3O2S. The second kappa shape index (κ2) is 12.1. The Morgan fingerprint density at radius 3 is 2.30 bits per heavy atom. The number of benzene rings is 2. The number of rotatable bonds is 11. The van der Waals surface area contributed by atoms with Crippen LogP contribution in [0.5, 0.6) is 0 Å². The van der Waals surface area contributed by atoms with Crippen molar-refractivity contribution in [1.29, 1.82) is 0 Å². The van der Waals surface area contributed by atoms with Gasteiger partial charge in [-0.25, -0.2) is 4.79 Å². The van der Waals surface area contributed by atoms with Crippen LogP contribution >= 0.6 is 11.3 Å². The van der Waals surface area contributed by atoms with Gasteiger partial charge in [-0.05, 0) is 36.8 Å². The van der Waals surface area contributed by atoms with Crippen molar-refractivity contribution in [2.45, 2.75) is 44.2 Å². The molecule has 0 bridgehead atoms. The van der Waals surface area contributed by atoms with Crippen LogP contribution in [-0.4, -0.2) is 29.8 Å². The number of nitrogens with one attached hydrogen (secondary N) is 1. The van der Waals surface area contributed by atoms with E-state index in [0.717, 1.165) is 30.6 Å². The van der Waals surface area contributed by atoms with E-state index < -0.39 is 0 Å². The van der Waals surface area contributed by atoms with E-state index in [1.54, 1.807) is 23.0 Å². The topological polar surface area (TPSA) is 77.2 Å². The fourth-order valence-electron chi connectivity index (χ4n) is 3.38. The monoisotopic (exact) mass is 423 g/mol.